The van der Waals surface area contributed by atoms with Crippen LogP contribution >= 0.6 is 15.9 Å². The number of allylic oxidation sites excluding steroid dienone is 1. The largest absolute Gasteiger partial charge is 0.299 e. The normalized spacial score (nSPS) is 51.0. The van der Waals surface area contributed by atoms with E-state index in [1.807, 2.05) is 6.08 Å². The van der Waals surface area contributed by atoms with Gasteiger partial charge < -0.3 is 0 Å². The predicted molar refractivity (Wildman–Crippen MR) is 89.8 cm³/mol. The molecule has 3 heteroatoms. The van der Waals surface area contributed by atoms with Gasteiger partial charge in [0.15, 0.2) is 5.78 Å². The fraction of sp³-hybridized carbons (Fsp3) is 0.789. The Kier molecular flexibility index (Phi) is 3.28. The summed E-state index contributed by atoms with van der Waals surface area (Å²) >= 11 is 3.88. The van der Waals surface area contributed by atoms with Crippen molar-refractivity contribution >= 4 is 27.5 Å². The molecule has 22 heavy (non-hydrogen) atoms. The predicted octanol–water partition coefficient (Wildman–Crippen LogP) is 4.46. The van der Waals surface area contributed by atoms with Crippen molar-refractivity contribution in [3.8, 4) is 0 Å². The van der Waals surface area contributed by atoms with Crippen LogP contribution in [-0.2, 0) is 9.59 Å². The molecule has 3 saturated carbocycles. The van der Waals surface area contributed by atoms with Crippen LogP contribution in [0.2, 0.25) is 0 Å². The SMILES string of the molecule is C[C@]12CCC(=O)C=C1[C@@H](Br)C[C@@H]1[C@@H]2CC[C@]2(C)C(=O)CC[C@@H]12. The Labute approximate surface area is 141 Å². The number of carbonyl (C=O) groups is 2. The van der Waals surface area contributed by atoms with Crippen LogP contribution in [0.15, 0.2) is 11.6 Å². The van der Waals surface area contributed by atoms with Gasteiger partial charge in [-0.2, -0.15) is 0 Å². The second kappa shape index (κ2) is 4.78. The molecule has 0 aromatic heterocycles. The van der Waals surface area contributed by atoms with Gasteiger partial charge in [0, 0.05) is 23.1 Å². The number of carbonyl (C=O) groups excluding carboxylic acids is 2. The van der Waals surface area contributed by atoms with Crippen LogP contribution in [0, 0.1) is 28.6 Å². The van der Waals surface area contributed by atoms with E-state index in [0.29, 0.717) is 40.6 Å². The number of hydrogen-bond donors (Lipinski definition) is 0. The van der Waals surface area contributed by atoms with E-state index in [1.165, 1.54) is 5.57 Å². The summed E-state index contributed by atoms with van der Waals surface area (Å²) in [5.74, 6) is 2.67. The van der Waals surface area contributed by atoms with Crippen LogP contribution in [0.3, 0.4) is 0 Å². The van der Waals surface area contributed by atoms with E-state index in [1.54, 1.807) is 0 Å². The number of rotatable bonds is 0. The molecule has 4 rings (SSSR count). The van der Waals surface area contributed by atoms with Crippen molar-refractivity contribution in [1.29, 1.82) is 0 Å². The average molecular weight is 365 g/mol. The molecule has 4 aliphatic rings. The van der Waals surface area contributed by atoms with Gasteiger partial charge in [-0.05, 0) is 66.9 Å². The maximum absolute atomic E-state index is 12.4. The molecule has 0 N–H and O–H groups in total. The first-order chi connectivity index (χ1) is 10.4. The Balaban J connectivity index is 1.74. The lowest BCUT2D eigenvalue weighted by Gasteiger charge is -2.58. The van der Waals surface area contributed by atoms with Gasteiger partial charge in [-0.3, -0.25) is 9.59 Å². The van der Waals surface area contributed by atoms with Crippen LogP contribution < -0.4 is 0 Å². The summed E-state index contributed by atoms with van der Waals surface area (Å²) in [4.78, 5) is 24.6. The molecular formula is C19H25BrO2. The van der Waals surface area contributed by atoms with E-state index in [0.717, 1.165) is 38.5 Å². The Hall–Kier alpha value is -0.440. The van der Waals surface area contributed by atoms with Crippen molar-refractivity contribution < 1.29 is 9.59 Å². The first-order valence-electron chi connectivity index (χ1n) is 8.78. The lowest BCUT2D eigenvalue weighted by atomic mass is 9.47. The molecule has 120 valence electrons. The standard InChI is InChI=1S/C19H25BrO2/c1-18-7-5-11(21)9-15(18)16(20)10-12-13-3-4-17(22)19(13,2)8-6-14(12)18/h9,12-14,16H,3-8,10H2,1-2H3/t12-,13-,14-,16-,18+,19-/m0/s1. The van der Waals surface area contributed by atoms with Gasteiger partial charge in [0.05, 0.1) is 0 Å². The van der Waals surface area contributed by atoms with Gasteiger partial charge in [-0.25, -0.2) is 0 Å². The Bertz CT molecular complexity index is 580. The van der Waals surface area contributed by atoms with Crippen molar-refractivity contribution in [2.24, 2.45) is 28.6 Å². The zero-order valence-electron chi connectivity index (χ0n) is 13.5. The molecule has 3 fully saturated rings. The molecule has 0 saturated heterocycles. The zero-order chi connectivity index (χ0) is 15.7. The van der Waals surface area contributed by atoms with Crippen LogP contribution in [0.1, 0.15) is 58.8 Å². The minimum Gasteiger partial charge on any atom is -0.299 e. The van der Waals surface area contributed by atoms with E-state index in [2.05, 4.69) is 29.8 Å². The molecule has 0 aliphatic heterocycles. The summed E-state index contributed by atoms with van der Waals surface area (Å²) in [7, 11) is 0. The number of ketones is 2. The Morgan fingerprint density at radius 3 is 2.55 bits per heavy atom. The summed E-state index contributed by atoms with van der Waals surface area (Å²) in [5.41, 5.74) is 1.45. The molecule has 0 radical (unpaired) electrons. The molecule has 6 atom stereocenters. The van der Waals surface area contributed by atoms with Crippen molar-refractivity contribution in [1.82, 2.24) is 0 Å². The lowest BCUT2D eigenvalue weighted by Crippen LogP contribution is -2.53. The van der Waals surface area contributed by atoms with Crippen molar-refractivity contribution in [2.45, 2.75) is 63.6 Å². The molecule has 0 unspecified atom stereocenters. The van der Waals surface area contributed by atoms with Crippen LogP contribution in [-0.4, -0.2) is 16.4 Å². The number of alkyl halides is 1. The third-order valence-corrected chi connectivity index (χ3v) is 8.51. The third kappa shape index (κ3) is 1.84. The highest BCUT2D eigenvalue weighted by Crippen LogP contribution is 2.65. The second-order valence-electron chi connectivity index (χ2n) is 8.48. The van der Waals surface area contributed by atoms with Gasteiger partial charge in [0.25, 0.3) is 0 Å². The lowest BCUT2D eigenvalue weighted by molar-refractivity contribution is -0.132. The molecule has 0 heterocycles. The van der Waals surface area contributed by atoms with E-state index in [4.69, 9.17) is 0 Å². The maximum atomic E-state index is 12.4. The van der Waals surface area contributed by atoms with Crippen molar-refractivity contribution in [3.63, 3.8) is 0 Å². The maximum Gasteiger partial charge on any atom is 0.155 e. The fourth-order valence-electron chi connectivity index (χ4n) is 6.33. The molecule has 0 amide bonds. The Morgan fingerprint density at radius 2 is 1.77 bits per heavy atom. The first kappa shape index (κ1) is 15.1. The molecular weight excluding hydrogens is 340 g/mol. The number of halogens is 1. The minimum atomic E-state index is -0.0596. The van der Waals surface area contributed by atoms with E-state index < -0.39 is 0 Å². The van der Waals surface area contributed by atoms with E-state index >= 15 is 0 Å². The molecule has 2 nitrogen and oxygen atoms in total. The smallest absolute Gasteiger partial charge is 0.155 e. The second-order valence-corrected chi connectivity index (χ2v) is 9.59. The summed E-state index contributed by atoms with van der Waals surface area (Å²) in [6, 6.07) is 0. The van der Waals surface area contributed by atoms with Crippen molar-refractivity contribution in [3.05, 3.63) is 11.6 Å². The zero-order valence-corrected chi connectivity index (χ0v) is 15.1. The van der Waals surface area contributed by atoms with Gasteiger partial charge >= 0.3 is 0 Å². The molecule has 4 aliphatic carbocycles. The third-order valence-electron chi connectivity index (χ3n) is 7.65. The molecule has 0 bridgehead atoms. The highest BCUT2D eigenvalue weighted by Gasteiger charge is 2.60. The topological polar surface area (TPSA) is 34.1 Å². The Morgan fingerprint density at radius 1 is 1.05 bits per heavy atom. The average Bonchev–Trinajstić information content (AvgIpc) is 2.77. The molecule has 0 aromatic carbocycles. The minimum absolute atomic E-state index is 0.0596. The van der Waals surface area contributed by atoms with E-state index in [9.17, 15) is 9.59 Å². The summed E-state index contributed by atoms with van der Waals surface area (Å²) < 4.78 is 0. The fourth-order valence-corrected chi connectivity index (χ4v) is 7.42. The summed E-state index contributed by atoms with van der Waals surface area (Å²) in [5, 5.41) is 0. The van der Waals surface area contributed by atoms with Gasteiger partial charge in [0.1, 0.15) is 5.78 Å². The van der Waals surface area contributed by atoms with Crippen LogP contribution in [0.5, 0.6) is 0 Å². The van der Waals surface area contributed by atoms with Gasteiger partial charge in [-0.15, -0.1) is 0 Å². The van der Waals surface area contributed by atoms with Gasteiger partial charge in [0.2, 0.25) is 0 Å². The van der Waals surface area contributed by atoms with Gasteiger partial charge in [-0.1, -0.05) is 29.8 Å². The monoisotopic (exact) mass is 364 g/mol. The van der Waals surface area contributed by atoms with Crippen LogP contribution in [0.25, 0.3) is 0 Å². The molecule has 0 spiro atoms. The number of hydrogen-bond acceptors (Lipinski definition) is 2. The van der Waals surface area contributed by atoms with Crippen LogP contribution in [0.4, 0.5) is 0 Å². The number of fused-ring (bicyclic) bond motifs is 5. The summed E-state index contributed by atoms with van der Waals surface area (Å²) in [6.07, 6.45) is 8.83. The number of Topliss-reactive ketones (excluding diaryl/α,β-unsaturated/α-hetero) is 1. The first-order valence-corrected chi connectivity index (χ1v) is 9.70. The molecule has 0 aromatic rings. The highest BCUT2D eigenvalue weighted by molar-refractivity contribution is 9.09. The summed E-state index contributed by atoms with van der Waals surface area (Å²) in [6.45, 7) is 4.61. The van der Waals surface area contributed by atoms with Crippen molar-refractivity contribution in [2.75, 3.05) is 0 Å². The van der Waals surface area contributed by atoms with E-state index in [-0.39, 0.29) is 10.8 Å². The quantitative estimate of drug-likeness (QED) is 0.594. The highest BCUT2D eigenvalue weighted by atomic mass is 79.9.